The molecule has 0 amide bonds. The van der Waals surface area contributed by atoms with Crippen LogP contribution in [0.2, 0.25) is 0 Å². The summed E-state index contributed by atoms with van der Waals surface area (Å²) in [4.78, 5) is 6.32. The zero-order valence-corrected chi connectivity index (χ0v) is 14.9. The minimum atomic E-state index is 0.427. The lowest BCUT2D eigenvalue weighted by molar-refractivity contribution is 0.699. The van der Waals surface area contributed by atoms with Crippen molar-refractivity contribution in [3.05, 3.63) is 35.4 Å². The molecule has 0 saturated heterocycles. The lowest BCUT2D eigenvalue weighted by atomic mass is 9.93. The molecule has 118 valence electrons. The first-order chi connectivity index (χ1) is 9.91. The summed E-state index contributed by atoms with van der Waals surface area (Å²) in [5, 5.41) is 0. The molecule has 3 heteroatoms. The lowest BCUT2D eigenvalue weighted by Crippen LogP contribution is -2.34. The molecule has 3 nitrogen and oxygen atoms in total. The summed E-state index contributed by atoms with van der Waals surface area (Å²) in [7, 11) is 1.89. The lowest BCUT2D eigenvalue weighted by Gasteiger charge is -2.28. The van der Waals surface area contributed by atoms with Crippen LogP contribution in [0.4, 0.5) is 5.69 Å². The van der Waals surface area contributed by atoms with E-state index in [1.807, 2.05) is 39.6 Å². The average Bonchev–Trinajstić information content (AvgIpc) is 2.49. The van der Waals surface area contributed by atoms with Gasteiger partial charge in [-0.2, -0.15) is 0 Å². The van der Waals surface area contributed by atoms with Gasteiger partial charge in [-0.25, -0.2) is 4.99 Å². The zero-order chi connectivity index (χ0) is 16.7. The van der Waals surface area contributed by atoms with Gasteiger partial charge in [-0.1, -0.05) is 59.8 Å². The van der Waals surface area contributed by atoms with Crippen LogP contribution in [-0.4, -0.2) is 17.9 Å². The quantitative estimate of drug-likeness (QED) is 0.787. The number of fused-ring (bicyclic) bond motifs is 1. The third-order valence-electron chi connectivity index (χ3n) is 3.19. The van der Waals surface area contributed by atoms with Crippen LogP contribution in [0.15, 0.2) is 23.7 Å². The predicted molar refractivity (Wildman–Crippen MR) is 96.0 cm³/mol. The van der Waals surface area contributed by atoms with Gasteiger partial charge in [-0.05, 0) is 24.5 Å². The standard InChI is InChI=1S/C14H19N3.2C2H6/c1-8(2)11-6-9(3)7-12-10(4)17(5)14(15)16-13(11)12;2*1-2/h6-8H,4H2,1-3,5H3,(H2,15,16);2*1-2H3. The molecule has 1 aromatic rings. The molecule has 1 heterocycles. The first kappa shape index (κ1) is 19.2. The van der Waals surface area contributed by atoms with Crippen molar-refractivity contribution in [3.63, 3.8) is 0 Å². The number of aliphatic imine (C=N–C) groups is 1. The molecule has 1 aliphatic rings. The van der Waals surface area contributed by atoms with Crippen molar-refractivity contribution in [1.82, 2.24) is 4.90 Å². The van der Waals surface area contributed by atoms with Gasteiger partial charge in [-0.3, -0.25) is 0 Å². The van der Waals surface area contributed by atoms with E-state index in [4.69, 9.17) is 5.73 Å². The van der Waals surface area contributed by atoms with Gasteiger partial charge in [0.15, 0.2) is 0 Å². The minimum Gasteiger partial charge on any atom is -0.369 e. The number of hydrogen-bond donors (Lipinski definition) is 1. The summed E-state index contributed by atoms with van der Waals surface area (Å²) >= 11 is 0. The predicted octanol–water partition coefficient (Wildman–Crippen LogP) is 5.03. The first-order valence-corrected chi connectivity index (χ1v) is 7.83. The Morgan fingerprint density at radius 2 is 1.67 bits per heavy atom. The van der Waals surface area contributed by atoms with E-state index in [1.54, 1.807) is 0 Å². The van der Waals surface area contributed by atoms with Crippen LogP contribution in [0, 0.1) is 6.92 Å². The minimum absolute atomic E-state index is 0.427. The number of benzene rings is 1. The number of hydrogen-bond acceptors (Lipinski definition) is 3. The van der Waals surface area contributed by atoms with Crippen molar-refractivity contribution in [2.45, 2.75) is 54.4 Å². The van der Waals surface area contributed by atoms with E-state index >= 15 is 0 Å². The maximum atomic E-state index is 5.91. The molecule has 1 aliphatic heterocycles. The van der Waals surface area contributed by atoms with E-state index in [0.29, 0.717) is 11.9 Å². The Morgan fingerprint density at radius 1 is 1.14 bits per heavy atom. The third-order valence-corrected chi connectivity index (χ3v) is 3.19. The fourth-order valence-electron chi connectivity index (χ4n) is 2.10. The molecule has 21 heavy (non-hydrogen) atoms. The molecule has 0 aromatic heterocycles. The van der Waals surface area contributed by atoms with Gasteiger partial charge in [0.05, 0.1) is 5.69 Å². The maximum Gasteiger partial charge on any atom is 0.200 e. The van der Waals surface area contributed by atoms with E-state index in [9.17, 15) is 0 Å². The van der Waals surface area contributed by atoms with Crippen LogP contribution < -0.4 is 5.73 Å². The molecule has 0 fully saturated rings. The van der Waals surface area contributed by atoms with E-state index in [1.165, 1.54) is 11.1 Å². The fraction of sp³-hybridized carbons (Fsp3) is 0.500. The first-order valence-electron chi connectivity index (χ1n) is 7.83. The molecule has 0 spiro atoms. The van der Waals surface area contributed by atoms with Gasteiger partial charge in [0.2, 0.25) is 5.96 Å². The summed E-state index contributed by atoms with van der Waals surface area (Å²) in [5.74, 6) is 0.935. The molecule has 1 aromatic carbocycles. The SMILES string of the molecule is C=C1c2cc(C)cc(C(C)C)c2N=C(N)N1C.CC.CC. The van der Waals surface area contributed by atoms with Crippen LogP contribution in [-0.2, 0) is 0 Å². The summed E-state index contributed by atoms with van der Waals surface area (Å²) in [6.07, 6.45) is 0. The van der Waals surface area contributed by atoms with Crippen LogP contribution in [0.5, 0.6) is 0 Å². The van der Waals surface area contributed by atoms with Crippen molar-refractivity contribution in [3.8, 4) is 0 Å². The Bertz CT molecular complexity index is 513. The zero-order valence-electron chi connectivity index (χ0n) is 14.9. The Kier molecular flexibility index (Phi) is 7.79. The van der Waals surface area contributed by atoms with Crippen molar-refractivity contribution in [2.75, 3.05) is 7.05 Å². The molecular weight excluding hydrogens is 258 g/mol. The van der Waals surface area contributed by atoms with Gasteiger partial charge in [0.1, 0.15) is 0 Å². The number of rotatable bonds is 1. The van der Waals surface area contributed by atoms with Crippen LogP contribution >= 0.6 is 0 Å². The second kappa shape index (κ2) is 8.50. The molecule has 0 radical (unpaired) electrons. The highest BCUT2D eigenvalue weighted by Crippen LogP contribution is 2.38. The third kappa shape index (κ3) is 4.10. The van der Waals surface area contributed by atoms with Gasteiger partial charge < -0.3 is 10.6 Å². The number of aryl methyl sites for hydroxylation is 1. The van der Waals surface area contributed by atoms with Gasteiger partial charge in [0.25, 0.3) is 0 Å². The summed E-state index contributed by atoms with van der Waals surface area (Å²) < 4.78 is 0. The Morgan fingerprint density at radius 3 is 2.14 bits per heavy atom. The Labute approximate surface area is 130 Å². The largest absolute Gasteiger partial charge is 0.369 e. The normalized spacial score (nSPS) is 12.7. The Hall–Kier alpha value is -1.77. The van der Waals surface area contributed by atoms with E-state index < -0.39 is 0 Å². The van der Waals surface area contributed by atoms with Gasteiger partial charge in [-0.15, -0.1) is 0 Å². The van der Waals surface area contributed by atoms with Gasteiger partial charge in [0, 0.05) is 18.3 Å². The summed E-state index contributed by atoms with van der Waals surface area (Å²) in [6, 6.07) is 4.30. The van der Waals surface area contributed by atoms with E-state index in [-0.39, 0.29) is 0 Å². The molecule has 2 N–H and O–H groups in total. The molecule has 0 unspecified atom stereocenters. The fourth-order valence-corrected chi connectivity index (χ4v) is 2.10. The van der Waals surface area contributed by atoms with E-state index in [2.05, 4.69) is 44.5 Å². The molecule has 0 bridgehead atoms. The summed E-state index contributed by atoms with van der Waals surface area (Å²) in [6.45, 7) is 18.5. The number of nitrogens with zero attached hydrogens (tertiary/aromatic N) is 2. The second-order valence-electron chi connectivity index (χ2n) is 4.88. The number of guanidine groups is 1. The average molecular weight is 289 g/mol. The van der Waals surface area contributed by atoms with Gasteiger partial charge >= 0.3 is 0 Å². The van der Waals surface area contributed by atoms with Crippen molar-refractivity contribution in [2.24, 2.45) is 10.7 Å². The van der Waals surface area contributed by atoms with Crippen molar-refractivity contribution in [1.29, 1.82) is 0 Å². The molecule has 0 saturated carbocycles. The van der Waals surface area contributed by atoms with Crippen LogP contribution in [0.3, 0.4) is 0 Å². The van der Waals surface area contributed by atoms with E-state index in [0.717, 1.165) is 16.9 Å². The maximum absolute atomic E-state index is 5.91. The topological polar surface area (TPSA) is 41.6 Å². The highest BCUT2D eigenvalue weighted by Gasteiger charge is 2.22. The van der Waals surface area contributed by atoms with Crippen LogP contribution in [0.1, 0.15) is 64.2 Å². The smallest absolute Gasteiger partial charge is 0.200 e. The Balaban J connectivity index is 0.000000921. The van der Waals surface area contributed by atoms with Crippen molar-refractivity contribution < 1.29 is 0 Å². The molecule has 0 aliphatic carbocycles. The highest BCUT2D eigenvalue weighted by atomic mass is 15.3. The van der Waals surface area contributed by atoms with Crippen molar-refractivity contribution >= 4 is 17.3 Å². The highest BCUT2D eigenvalue weighted by molar-refractivity contribution is 5.96. The second-order valence-corrected chi connectivity index (χ2v) is 4.88. The molecular formula is C18H31N3. The monoisotopic (exact) mass is 289 g/mol. The summed E-state index contributed by atoms with van der Waals surface area (Å²) in [5.41, 5.74) is 11.4. The molecule has 2 rings (SSSR count). The van der Waals surface area contributed by atoms with Crippen LogP contribution in [0.25, 0.3) is 5.70 Å². The molecule has 0 atom stereocenters. The number of nitrogens with two attached hydrogens (primary N) is 1.